The normalized spacial score (nSPS) is 30.5. The minimum atomic E-state index is -0.188. The summed E-state index contributed by atoms with van der Waals surface area (Å²) in [7, 11) is 0. The van der Waals surface area contributed by atoms with Crippen LogP contribution in [0, 0.1) is 11.8 Å². The van der Waals surface area contributed by atoms with Gasteiger partial charge < -0.3 is 0 Å². The smallest absolute Gasteiger partial charge is 0.162 e. The van der Waals surface area contributed by atoms with Gasteiger partial charge in [0.25, 0.3) is 0 Å². The van der Waals surface area contributed by atoms with E-state index in [4.69, 9.17) is 0 Å². The SMILES string of the molecule is CCCC1CCC(/C=C(\F)Br)CC1. The fraction of sp³-hybridized carbons (Fsp3) is 0.818. The van der Waals surface area contributed by atoms with Gasteiger partial charge in [-0.3, -0.25) is 0 Å². The Labute approximate surface area is 88.7 Å². The maximum absolute atomic E-state index is 12.5. The van der Waals surface area contributed by atoms with Crippen molar-refractivity contribution in [2.24, 2.45) is 11.8 Å². The second-order valence-electron chi connectivity index (χ2n) is 4.03. The van der Waals surface area contributed by atoms with E-state index in [0.717, 1.165) is 5.92 Å². The van der Waals surface area contributed by atoms with Gasteiger partial charge in [-0.15, -0.1) is 0 Å². The van der Waals surface area contributed by atoms with E-state index in [1.165, 1.54) is 38.5 Å². The van der Waals surface area contributed by atoms with E-state index in [-0.39, 0.29) is 4.74 Å². The molecule has 0 nitrogen and oxygen atoms in total. The topological polar surface area (TPSA) is 0 Å². The second-order valence-corrected chi connectivity index (χ2v) is 4.78. The van der Waals surface area contributed by atoms with E-state index in [1.807, 2.05) is 0 Å². The molecule has 0 heterocycles. The Balaban J connectivity index is 2.26. The van der Waals surface area contributed by atoms with Crippen LogP contribution in [-0.2, 0) is 0 Å². The monoisotopic (exact) mass is 248 g/mol. The highest BCUT2D eigenvalue weighted by atomic mass is 79.9. The van der Waals surface area contributed by atoms with Crippen molar-refractivity contribution in [3.8, 4) is 0 Å². The van der Waals surface area contributed by atoms with Gasteiger partial charge in [0, 0.05) is 0 Å². The van der Waals surface area contributed by atoms with Crippen molar-refractivity contribution in [2.45, 2.75) is 45.4 Å². The molecule has 0 aromatic heterocycles. The summed E-state index contributed by atoms with van der Waals surface area (Å²) in [5.74, 6) is 1.39. The van der Waals surface area contributed by atoms with E-state index in [9.17, 15) is 4.39 Å². The minimum absolute atomic E-state index is 0.188. The molecule has 0 unspecified atom stereocenters. The molecule has 0 amide bonds. The Morgan fingerprint density at radius 3 is 2.46 bits per heavy atom. The summed E-state index contributed by atoms with van der Waals surface area (Å²) < 4.78 is 12.3. The Morgan fingerprint density at radius 2 is 2.00 bits per heavy atom. The number of allylic oxidation sites excluding steroid dienone is 1. The Kier molecular flexibility index (Phi) is 5.00. The lowest BCUT2D eigenvalue weighted by atomic mass is 9.80. The van der Waals surface area contributed by atoms with Crippen LogP contribution >= 0.6 is 15.9 Å². The van der Waals surface area contributed by atoms with E-state index < -0.39 is 0 Å². The average molecular weight is 249 g/mol. The molecule has 0 atom stereocenters. The van der Waals surface area contributed by atoms with Crippen molar-refractivity contribution in [1.29, 1.82) is 0 Å². The fourth-order valence-corrected chi connectivity index (χ4v) is 2.60. The molecule has 1 aliphatic rings. The van der Waals surface area contributed by atoms with Crippen LogP contribution in [0.2, 0.25) is 0 Å². The molecule has 0 radical (unpaired) electrons. The van der Waals surface area contributed by atoms with Crippen molar-refractivity contribution in [2.75, 3.05) is 0 Å². The van der Waals surface area contributed by atoms with Gasteiger partial charge in [-0.25, -0.2) is 0 Å². The van der Waals surface area contributed by atoms with Crippen molar-refractivity contribution in [1.82, 2.24) is 0 Å². The Morgan fingerprint density at radius 1 is 1.38 bits per heavy atom. The van der Waals surface area contributed by atoms with Crippen LogP contribution in [0.1, 0.15) is 45.4 Å². The lowest BCUT2D eigenvalue weighted by Crippen LogP contribution is -2.12. The van der Waals surface area contributed by atoms with Gasteiger partial charge in [0.2, 0.25) is 0 Å². The summed E-state index contributed by atoms with van der Waals surface area (Å²) in [6.45, 7) is 2.24. The van der Waals surface area contributed by atoms with E-state index >= 15 is 0 Å². The lowest BCUT2D eigenvalue weighted by molar-refractivity contribution is 0.293. The summed E-state index contributed by atoms with van der Waals surface area (Å²) in [5, 5.41) is 0. The van der Waals surface area contributed by atoms with Gasteiger partial charge >= 0.3 is 0 Å². The molecule has 13 heavy (non-hydrogen) atoms. The molecule has 1 rings (SSSR count). The van der Waals surface area contributed by atoms with Crippen molar-refractivity contribution >= 4 is 15.9 Å². The number of rotatable bonds is 3. The fourth-order valence-electron chi connectivity index (χ4n) is 2.23. The van der Waals surface area contributed by atoms with Gasteiger partial charge in [0.15, 0.2) is 4.74 Å². The second kappa shape index (κ2) is 5.79. The molecular formula is C11H18BrF. The van der Waals surface area contributed by atoms with E-state index in [2.05, 4.69) is 22.9 Å². The molecule has 2 heteroatoms. The van der Waals surface area contributed by atoms with Crippen molar-refractivity contribution < 1.29 is 4.39 Å². The van der Waals surface area contributed by atoms with Crippen LogP contribution in [0.4, 0.5) is 4.39 Å². The third kappa shape index (κ3) is 4.26. The number of halogens is 2. The number of hydrogen-bond acceptors (Lipinski definition) is 0. The molecular weight excluding hydrogens is 231 g/mol. The molecule has 0 aromatic rings. The first-order valence-corrected chi connectivity index (χ1v) is 6.04. The summed E-state index contributed by atoms with van der Waals surface area (Å²) in [5.41, 5.74) is 0. The predicted molar refractivity (Wildman–Crippen MR) is 58.5 cm³/mol. The summed E-state index contributed by atoms with van der Waals surface area (Å²) in [4.78, 5) is 0. The molecule has 0 aliphatic heterocycles. The zero-order valence-corrected chi connectivity index (χ0v) is 9.82. The third-order valence-electron chi connectivity index (χ3n) is 2.95. The van der Waals surface area contributed by atoms with Crippen LogP contribution in [0.15, 0.2) is 10.8 Å². The van der Waals surface area contributed by atoms with Gasteiger partial charge in [-0.2, -0.15) is 4.39 Å². The van der Waals surface area contributed by atoms with Crippen LogP contribution in [0.5, 0.6) is 0 Å². The molecule has 0 aromatic carbocycles. The maximum atomic E-state index is 12.5. The lowest BCUT2D eigenvalue weighted by Gasteiger charge is -2.26. The minimum Gasteiger partial charge on any atom is -0.199 e. The molecule has 0 bridgehead atoms. The van der Waals surface area contributed by atoms with Crippen LogP contribution in [-0.4, -0.2) is 0 Å². The molecule has 0 saturated heterocycles. The third-order valence-corrected chi connectivity index (χ3v) is 3.21. The van der Waals surface area contributed by atoms with Gasteiger partial charge in [-0.05, 0) is 59.5 Å². The zero-order chi connectivity index (χ0) is 9.68. The molecule has 1 saturated carbocycles. The standard InChI is InChI=1S/C11H18BrF/c1-2-3-9-4-6-10(7-5-9)8-11(12)13/h8-10H,2-7H2,1H3/b11-8-. The van der Waals surface area contributed by atoms with Gasteiger partial charge in [-0.1, -0.05) is 19.8 Å². The Hall–Kier alpha value is 0.150. The largest absolute Gasteiger partial charge is 0.199 e. The van der Waals surface area contributed by atoms with Gasteiger partial charge in [0.1, 0.15) is 0 Å². The summed E-state index contributed by atoms with van der Waals surface area (Å²) in [6.07, 6.45) is 9.28. The summed E-state index contributed by atoms with van der Waals surface area (Å²) in [6, 6.07) is 0. The highest BCUT2D eigenvalue weighted by Gasteiger charge is 2.19. The highest BCUT2D eigenvalue weighted by molar-refractivity contribution is 9.11. The zero-order valence-electron chi connectivity index (χ0n) is 8.23. The molecule has 0 N–H and O–H groups in total. The molecule has 1 aliphatic carbocycles. The Bertz CT molecular complexity index is 165. The number of hydrogen-bond donors (Lipinski definition) is 0. The van der Waals surface area contributed by atoms with Crippen LogP contribution in [0.3, 0.4) is 0 Å². The first-order chi connectivity index (χ1) is 6.22. The quantitative estimate of drug-likeness (QED) is 0.674. The predicted octanol–water partition coefficient (Wildman–Crippen LogP) is 4.80. The molecule has 0 spiro atoms. The van der Waals surface area contributed by atoms with E-state index in [1.54, 1.807) is 6.08 Å². The van der Waals surface area contributed by atoms with Crippen molar-refractivity contribution in [3.63, 3.8) is 0 Å². The molecule has 76 valence electrons. The first-order valence-electron chi connectivity index (χ1n) is 5.25. The average Bonchev–Trinajstić information content (AvgIpc) is 2.08. The summed E-state index contributed by atoms with van der Waals surface area (Å²) >= 11 is 2.85. The van der Waals surface area contributed by atoms with Crippen LogP contribution in [0.25, 0.3) is 0 Å². The van der Waals surface area contributed by atoms with Crippen LogP contribution < -0.4 is 0 Å². The van der Waals surface area contributed by atoms with Crippen molar-refractivity contribution in [3.05, 3.63) is 10.8 Å². The highest BCUT2D eigenvalue weighted by Crippen LogP contribution is 2.33. The van der Waals surface area contributed by atoms with E-state index in [0.29, 0.717) is 5.92 Å². The molecule has 1 fully saturated rings. The maximum Gasteiger partial charge on any atom is 0.162 e. The first kappa shape index (κ1) is 11.2. The van der Waals surface area contributed by atoms with Gasteiger partial charge in [0.05, 0.1) is 0 Å².